The van der Waals surface area contributed by atoms with Crippen molar-refractivity contribution in [2.75, 3.05) is 0 Å². The van der Waals surface area contributed by atoms with Gasteiger partial charge in [0.2, 0.25) is 0 Å². The zero-order valence-electron chi connectivity index (χ0n) is 21.8. The summed E-state index contributed by atoms with van der Waals surface area (Å²) in [5, 5.41) is 0. The molecule has 0 saturated heterocycles. The van der Waals surface area contributed by atoms with Crippen LogP contribution < -0.4 is 11.2 Å². The van der Waals surface area contributed by atoms with Crippen LogP contribution in [0.3, 0.4) is 0 Å². The summed E-state index contributed by atoms with van der Waals surface area (Å²) < 4.78 is 3.46. The molecule has 0 spiro atoms. The van der Waals surface area contributed by atoms with Crippen molar-refractivity contribution in [2.24, 2.45) is 0 Å². The highest BCUT2D eigenvalue weighted by Gasteiger charge is 2.31. The van der Waals surface area contributed by atoms with E-state index in [0.29, 0.717) is 50.7 Å². The summed E-state index contributed by atoms with van der Waals surface area (Å²) in [4.78, 5) is 50.6. The van der Waals surface area contributed by atoms with E-state index in [1.54, 1.807) is 4.57 Å². The van der Waals surface area contributed by atoms with Crippen LogP contribution in [0.2, 0.25) is 0 Å². The summed E-state index contributed by atoms with van der Waals surface area (Å²) in [5.41, 5.74) is 6.64. The van der Waals surface area contributed by atoms with Crippen molar-refractivity contribution >= 4 is 49.7 Å². The third-order valence-electron chi connectivity index (χ3n) is 7.81. The highest BCUT2D eigenvalue weighted by Crippen LogP contribution is 2.41. The van der Waals surface area contributed by atoms with Crippen LogP contribution in [0.1, 0.15) is 0 Å². The third kappa shape index (κ3) is 3.02. The first-order valence-electron chi connectivity index (χ1n) is 13.5. The minimum absolute atomic E-state index is 0.319. The van der Waals surface area contributed by atoms with Gasteiger partial charge in [-0.25, -0.2) is 19.3 Å². The molecule has 0 fully saturated rings. The Morgan fingerprint density at radius 2 is 1.05 bits per heavy atom. The number of H-pyrrole nitrogens is 4. The standard InChI is InChI=1S/C32H20N8O2/c41-30-27-25(28-33-17-9-1-2-10-18(17)34-28)26(29-35-19-11-3-4-12-20(19)36-29)31(39(27)23-15-7-5-13-21(23)37-30)40-24-16-8-6-14-22(24)38-32(40)42/h1-16H,(H,33,34)(H,35,36)(H,37,41)(H,38,42). The number of aromatic nitrogens is 8. The molecular weight excluding hydrogens is 528 g/mol. The molecule has 0 unspecified atom stereocenters. The van der Waals surface area contributed by atoms with Crippen LogP contribution in [-0.4, -0.2) is 38.9 Å². The minimum Gasteiger partial charge on any atom is -0.338 e. The fourth-order valence-electron chi connectivity index (χ4n) is 6.04. The maximum Gasteiger partial charge on any atom is 0.332 e. The van der Waals surface area contributed by atoms with Crippen molar-refractivity contribution < 1.29 is 0 Å². The summed E-state index contributed by atoms with van der Waals surface area (Å²) in [6.45, 7) is 0. The van der Waals surface area contributed by atoms with Crippen LogP contribution in [0.15, 0.2) is 107 Å². The lowest BCUT2D eigenvalue weighted by Gasteiger charge is -2.10. The number of fused-ring (bicyclic) bond motifs is 6. The second-order valence-corrected chi connectivity index (χ2v) is 10.2. The number of imidazole rings is 3. The maximum atomic E-state index is 14.0. The lowest BCUT2D eigenvalue weighted by atomic mass is 10.1. The second-order valence-electron chi connectivity index (χ2n) is 10.2. The van der Waals surface area contributed by atoms with Gasteiger partial charge in [0.15, 0.2) is 0 Å². The fraction of sp³-hybridized carbons (Fsp3) is 0. The Hall–Kier alpha value is -6.16. The fourth-order valence-corrected chi connectivity index (χ4v) is 6.04. The van der Waals surface area contributed by atoms with Crippen LogP contribution in [-0.2, 0) is 0 Å². The van der Waals surface area contributed by atoms with Gasteiger partial charge in [-0.15, -0.1) is 0 Å². The molecule has 0 aliphatic rings. The van der Waals surface area contributed by atoms with E-state index in [1.165, 1.54) is 0 Å². The normalized spacial score (nSPS) is 12.0. The number of aromatic amines is 4. The van der Waals surface area contributed by atoms with Crippen molar-refractivity contribution in [1.82, 2.24) is 38.9 Å². The molecule has 0 aliphatic heterocycles. The van der Waals surface area contributed by atoms with Crippen molar-refractivity contribution in [1.29, 1.82) is 0 Å². The summed E-state index contributed by atoms with van der Waals surface area (Å²) in [6, 6.07) is 30.5. The van der Waals surface area contributed by atoms with Gasteiger partial charge < -0.3 is 19.9 Å². The van der Waals surface area contributed by atoms with Gasteiger partial charge in [-0.05, 0) is 48.5 Å². The summed E-state index contributed by atoms with van der Waals surface area (Å²) >= 11 is 0. The van der Waals surface area contributed by atoms with Gasteiger partial charge in [0.05, 0.1) is 55.3 Å². The third-order valence-corrected chi connectivity index (χ3v) is 7.81. The van der Waals surface area contributed by atoms with E-state index in [0.717, 1.165) is 27.6 Å². The van der Waals surface area contributed by atoms with Gasteiger partial charge in [-0.1, -0.05) is 48.5 Å². The van der Waals surface area contributed by atoms with E-state index < -0.39 is 0 Å². The molecule has 0 atom stereocenters. The topological polar surface area (TPSA) is 132 Å². The van der Waals surface area contributed by atoms with Gasteiger partial charge in [0, 0.05) is 0 Å². The van der Waals surface area contributed by atoms with Crippen LogP contribution in [0.5, 0.6) is 0 Å². The molecule has 42 heavy (non-hydrogen) atoms. The quantitative estimate of drug-likeness (QED) is 0.232. The maximum absolute atomic E-state index is 14.0. The van der Waals surface area contributed by atoms with Crippen molar-refractivity contribution in [2.45, 2.75) is 0 Å². The Morgan fingerprint density at radius 1 is 0.524 bits per heavy atom. The number of benzene rings is 4. The SMILES string of the molecule is O=c1[nH]c2ccccc2n2c(-n3c(=O)[nH]c4ccccc43)c(-c3nc4ccccc4[nH]3)c(-c3nc4ccccc4[nH]3)c12. The van der Waals surface area contributed by atoms with Gasteiger partial charge in [0.1, 0.15) is 23.0 Å². The Bertz CT molecular complexity index is 2580. The minimum atomic E-state index is -0.339. The second kappa shape index (κ2) is 8.18. The molecule has 0 radical (unpaired) electrons. The number of hydrogen-bond donors (Lipinski definition) is 4. The average Bonchev–Trinajstić information content (AvgIpc) is 3.77. The largest absolute Gasteiger partial charge is 0.338 e. The molecular formula is C32H20N8O2. The highest BCUT2D eigenvalue weighted by atomic mass is 16.1. The van der Waals surface area contributed by atoms with E-state index in [9.17, 15) is 9.59 Å². The van der Waals surface area contributed by atoms with Crippen LogP contribution in [0.4, 0.5) is 0 Å². The zero-order chi connectivity index (χ0) is 27.9. The molecule has 200 valence electrons. The number of hydrogen-bond acceptors (Lipinski definition) is 4. The number of para-hydroxylation sites is 8. The Morgan fingerprint density at radius 3 is 1.69 bits per heavy atom. The van der Waals surface area contributed by atoms with Crippen LogP contribution >= 0.6 is 0 Å². The summed E-state index contributed by atoms with van der Waals surface area (Å²) in [5.74, 6) is 1.47. The van der Waals surface area contributed by atoms with Gasteiger partial charge >= 0.3 is 5.69 Å². The lowest BCUT2D eigenvalue weighted by molar-refractivity contribution is 0.954. The molecule has 0 aliphatic carbocycles. The number of nitrogens with one attached hydrogen (secondary N) is 4. The van der Waals surface area contributed by atoms with E-state index in [2.05, 4.69) is 19.9 Å². The predicted octanol–water partition coefficient (Wildman–Crippen LogP) is 5.50. The van der Waals surface area contributed by atoms with Crippen molar-refractivity contribution in [3.8, 4) is 28.6 Å². The average molecular weight is 549 g/mol. The highest BCUT2D eigenvalue weighted by molar-refractivity contribution is 6.01. The molecule has 5 aromatic heterocycles. The first kappa shape index (κ1) is 22.6. The molecule has 9 aromatic rings. The number of rotatable bonds is 3. The monoisotopic (exact) mass is 548 g/mol. The molecule has 10 nitrogen and oxygen atoms in total. The Balaban J connectivity index is 1.58. The van der Waals surface area contributed by atoms with E-state index in [4.69, 9.17) is 9.97 Å². The molecule has 0 bridgehead atoms. The predicted molar refractivity (Wildman–Crippen MR) is 163 cm³/mol. The Labute approximate surface area is 234 Å². The molecule has 10 heteroatoms. The van der Waals surface area contributed by atoms with Crippen molar-refractivity contribution in [3.63, 3.8) is 0 Å². The summed E-state index contributed by atoms with van der Waals surface area (Å²) in [6.07, 6.45) is 0. The molecule has 4 N–H and O–H groups in total. The van der Waals surface area contributed by atoms with Crippen LogP contribution in [0.25, 0.3) is 78.2 Å². The smallest absolute Gasteiger partial charge is 0.332 e. The summed E-state index contributed by atoms with van der Waals surface area (Å²) in [7, 11) is 0. The molecule has 0 amide bonds. The van der Waals surface area contributed by atoms with Gasteiger partial charge in [-0.2, -0.15) is 0 Å². The first-order chi connectivity index (χ1) is 20.7. The van der Waals surface area contributed by atoms with Gasteiger partial charge in [0.25, 0.3) is 5.56 Å². The van der Waals surface area contributed by atoms with Gasteiger partial charge in [-0.3, -0.25) is 9.20 Å². The van der Waals surface area contributed by atoms with E-state index >= 15 is 0 Å². The van der Waals surface area contributed by atoms with E-state index in [-0.39, 0.29) is 11.2 Å². The molecule has 5 heterocycles. The van der Waals surface area contributed by atoms with Crippen LogP contribution in [0, 0.1) is 0 Å². The molecule has 4 aromatic carbocycles. The molecule has 9 rings (SSSR count). The first-order valence-corrected chi connectivity index (χ1v) is 13.5. The Kier molecular flexibility index (Phi) is 4.41. The molecule has 0 saturated carbocycles. The zero-order valence-corrected chi connectivity index (χ0v) is 21.8. The van der Waals surface area contributed by atoms with Crippen molar-refractivity contribution in [3.05, 3.63) is 118 Å². The number of nitrogens with zero attached hydrogens (tertiary/aromatic N) is 4. The lowest BCUT2D eigenvalue weighted by Crippen LogP contribution is -2.19. The van der Waals surface area contributed by atoms with E-state index in [1.807, 2.05) is 101 Å².